The van der Waals surface area contributed by atoms with Gasteiger partial charge in [0.1, 0.15) is 6.54 Å². The molecule has 1 heterocycles. The molecule has 0 spiro atoms. The van der Waals surface area contributed by atoms with Crippen molar-refractivity contribution in [3.8, 4) is 0 Å². The largest absolute Gasteiger partial charge is 0.399 e. The number of nitrogens with two attached hydrogens (primary N) is 1. The highest BCUT2D eigenvalue weighted by molar-refractivity contribution is 5.92. The van der Waals surface area contributed by atoms with Crippen LogP contribution in [0.2, 0.25) is 0 Å². The molecule has 0 aliphatic heterocycles. The minimum absolute atomic E-state index is 0.114. The second-order valence-electron chi connectivity index (χ2n) is 4.98. The molecular weight excluding hydrogens is 264 g/mol. The van der Waals surface area contributed by atoms with E-state index in [0.717, 1.165) is 22.2 Å². The number of rotatable bonds is 3. The third-order valence-corrected chi connectivity index (χ3v) is 3.37. The summed E-state index contributed by atoms with van der Waals surface area (Å²) >= 11 is 0. The van der Waals surface area contributed by atoms with Gasteiger partial charge in [0, 0.05) is 16.8 Å². The normalized spacial score (nSPS) is 10.7. The highest BCUT2D eigenvalue weighted by atomic mass is 16.2. The number of nitrogen functional groups attached to an aromatic ring is 1. The highest BCUT2D eigenvalue weighted by Crippen LogP contribution is 2.18. The first-order valence-electron chi connectivity index (χ1n) is 6.70. The van der Waals surface area contributed by atoms with Crippen molar-refractivity contribution in [2.75, 3.05) is 11.1 Å². The van der Waals surface area contributed by atoms with Gasteiger partial charge in [-0.25, -0.2) is 0 Å². The number of amides is 1. The van der Waals surface area contributed by atoms with E-state index in [2.05, 4.69) is 10.4 Å². The van der Waals surface area contributed by atoms with Gasteiger partial charge in [0.05, 0.1) is 11.7 Å². The van der Waals surface area contributed by atoms with Crippen molar-refractivity contribution in [1.82, 2.24) is 9.78 Å². The Hall–Kier alpha value is -2.82. The second-order valence-corrected chi connectivity index (χ2v) is 4.98. The fraction of sp³-hybridized carbons (Fsp3) is 0.125. The molecule has 5 heteroatoms. The Morgan fingerprint density at radius 3 is 2.90 bits per heavy atom. The molecule has 1 amide bonds. The predicted octanol–water partition coefficient (Wildman–Crippen LogP) is 2.57. The summed E-state index contributed by atoms with van der Waals surface area (Å²) < 4.78 is 1.69. The average Bonchev–Trinajstić information content (AvgIpc) is 2.85. The Morgan fingerprint density at radius 1 is 1.29 bits per heavy atom. The number of nitrogens with zero attached hydrogens (tertiary/aromatic N) is 2. The van der Waals surface area contributed by atoms with Crippen LogP contribution in [0, 0.1) is 6.92 Å². The second kappa shape index (κ2) is 5.28. The van der Waals surface area contributed by atoms with Gasteiger partial charge in [0.25, 0.3) is 0 Å². The van der Waals surface area contributed by atoms with Crippen molar-refractivity contribution in [3.63, 3.8) is 0 Å². The van der Waals surface area contributed by atoms with Crippen molar-refractivity contribution in [2.24, 2.45) is 0 Å². The number of benzene rings is 2. The molecule has 0 saturated carbocycles. The Bertz CT molecular complexity index is 807. The minimum Gasteiger partial charge on any atom is -0.399 e. The molecular formula is C16H16N4O. The molecule has 0 radical (unpaired) electrons. The van der Waals surface area contributed by atoms with Crippen LogP contribution in [0.25, 0.3) is 10.9 Å². The lowest BCUT2D eigenvalue weighted by molar-refractivity contribution is -0.116. The number of nitrogens with one attached hydrogen (secondary N) is 1. The van der Waals surface area contributed by atoms with Crippen LogP contribution in [0.15, 0.2) is 48.7 Å². The Kier molecular flexibility index (Phi) is 3.31. The maximum Gasteiger partial charge on any atom is 0.246 e. The zero-order chi connectivity index (χ0) is 14.8. The SMILES string of the molecule is Cc1cc(N)ccc1NC(=O)Cn1ncc2ccccc21. The molecule has 0 bridgehead atoms. The number of aryl methyl sites for hydroxylation is 1. The summed E-state index contributed by atoms with van der Waals surface area (Å²) in [5.74, 6) is -0.114. The Balaban J connectivity index is 1.77. The van der Waals surface area contributed by atoms with E-state index in [1.165, 1.54) is 0 Å². The van der Waals surface area contributed by atoms with Crippen LogP contribution in [-0.2, 0) is 11.3 Å². The number of carbonyl (C=O) groups is 1. The smallest absolute Gasteiger partial charge is 0.246 e. The molecule has 1 aromatic heterocycles. The van der Waals surface area contributed by atoms with E-state index in [4.69, 9.17) is 5.73 Å². The van der Waals surface area contributed by atoms with Gasteiger partial charge in [-0.1, -0.05) is 18.2 Å². The molecule has 21 heavy (non-hydrogen) atoms. The van der Waals surface area contributed by atoms with Crippen LogP contribution >= 0.6 is 0 Å². The molecule has 0 aliphatic carbocycles. The van der Waals surface area contributed by atoms with Gasteiger partial charge in [-0.05, 0) is 36.8 Å². The van der Waals surface area contributed by atoms with Crippen molar-refractivity contribution in [1.29, 1.82) is 0 Å². The van der Waals surface area contributed by atoms with Gasteiger partial charge >= 0.3 is 0 Å². The summed E-state index contributed by atoms with van der Waals surface area (Å²) in [6.45, 7) is 2.09. The molecule has 0 aliphatic rings. The molecule has 106 valence electrons. The fourth-order valence-electron chi connectivity index (χ4n) is 2.30. The summed E-state index contributed by atoms with van der Waals surface area (Å²) in [7, 11) is 0. The Labute approximate surface area is 122 Å². The highest BCUT2D eigenvalue weighted by Gasteiger charge is 2.09. The number of fused-ring (bicyclic) bond motifs is 1. The lowest BCUT2D eigenvalue weighted by atomic mass is 10.2. The molecule has 3 N–H and O–H groups in total. The van der Waals surface area contributed by atoms with E-state index in [-0.39, 0.29) is 12.5 Å². The number of aromatic nitrogens is 2. The third-order valence-electron chi connectivity index (χ3n) is 3.37. The van der Waals surface area contributed by atoms with E-state index in [9.17, 15) is 4.79 Å². The molecule has 0 fully saturated rings. The number of carbonyl (C=O) groups excluding carboxylic acids is 1. The molecule has 0 saturated heterocycles. The predicted molar refractivity (Wildman–Crippen MR) is 84.0 cm³/mol. The average molecular weight is 280 g/mol. The number of anilines is 2. The molecule has 3 rings (SSSR count). The van der Waals surface area contributed by atoms with Crippen LogP contribution < -0.4 is 11.1 Å². The molecule has 5 nitrogen and oxygen atoms in total. The van der Waals surface area contributed by atoms with Gasteiger partial charge in [-0.3, -0.25) is 9.48 Å². The van der Waals surface area contributed by atoms with Crippen LogP contribution in [-0.4, -0.2) is 15.7 Å². The van der Waals surface area contributed by atoms with Crippen LogP contribution in [0.1, 0.15) is 5.56 Å². The van der Waals surface area contributed by atoms with E-state index in [1.807, 2.05) is 43.3 Å². The first kappa shape index (κ1) is 13.2. The first-order chi connectivity index (χ1) is 10.1. The molecule has 2 aromatic carbocycles. The maximum atomic E-state index is 12.2. The number of para-hydroxylation sites is 1. The van der Waals surface area contributed by atoms with Gasteiger partial charge < -0.3 is 11.1 Å². The summed E-state index contributed by atoms with van der Waals surface area (Å²) in [5.41, 5.74) is 9.04. The number of hydrogen-bond acceptors (Lipinski definition) is 3. The topological polar surface area (TPSA) is 72.9 Å². The van der Waals surface area contributed by atoms with E-state index in [0.29, 0.717) is 5.69 Å². The summed E-state index contributed by atoms with van der Waals surface area (Å²) in [6, 6.07) is 13.2. The van der Waals surface area contributed by atoms with Gasteiger partial charge in [-0.2, -0.15) is 5.10 Å². The lowest BCUT2D eigenvalue weighted by Gasteiger charge is -2.09. The fourth-order valence-corrected chi connectivity index (χ4v) is 2.30. The van der Waals surface area contributed by atoms with Crippen molar-refractivity contribution >= 4 is 28.2 Å². The minimum atomic E-state index is -0.114. The van der Waals surface area contributed by atoms with Crippen molar-refractivity contribution in [2.45, 2.75) is 13.5 Å². The summed E-state index contributed by atoms with van der Waals surface area (Å²) in [5, 5.41) is 8.16. The summed E-state index contributed by atoms with van der Waals surface area (Å²) in [4.78, 5) is 12.2. The monoisotopic (exact) mass is 280 g/mol. The van der Waals surface area contributed by atoms with E-state index in [1.54, 1.807) is 16.9 Å². The van der Waals surface area contributed by atoms with Crippen LogP contribution in [0.3, 0.4) is 0 Å². The zero-order valence-electron chi connectivity index (χ0n) is 11.7. The van der Waals surface area contributed by atoms with E-state index < -0.39 is 0 Å². The van der Waals surface area contributed by atoms with Crippen molar-refractivity contribution < 1.29 is 4.79 Å². The van der Waals surface area contributed by atoms with E-state index >= 15 is 0 Å². The maximum absolute atomic E-state index is 12.2. The van der Waals surface area contributed by atoms with Gasteiger partial charge in [0.15, 0.2) is 0 Å². The zero-order valence-corrected chi connectivity index (χ0v) is 11.7. The van der Waals surface area contributed by atoms with Gasteiger partial charge in [0.2, 0.25) is 5.91 Å². The first-order valence-corrected chi connectivity index (χ1v) is 6.70. The molecule has 0 atom stereocenters. The lowest BCUT2D eigenvalue weighted by Crippen LogP contribution is -2.19. The Morgan fingerprint density at radius 2 is 2.10 bits per heavy atom. The van der Waals surface area contributed by atoms with Crippen LogP contribution in [0.5, 0.6) is 0 Å². The molecule has 3 aromatic rings. The standard InChI is InChI=1S/C16H16N4O/c1-11-8-13(17)6-7-14(11)19-16(21)10-20-15-5-3-2-4-12(15)9-18-20/h2-9H,10,17H2,1H3,(H,19,21). The van der Waals surface area contributed by atoms with Gasteiger partial charge in [-0.15, -0.1) is 0 Å². The summed E-state index contributed by atoms with van der Waals surface area (Å²) in [6.07, 6.45) is 1.76. The number of hydrogen-bond donors (Lipinski definition) is 2. The quantitative estimate of drug-likeness (QED) is 0.724. The van der Waals surface area contributed by atoms with Crippen molar-refractivity contribution in [3.05, 3.63) is 54.2 Å². The third kappa shape index (κ3) is 2.72. The molecule has 0 unspecified atom stereocenters. The van der Waals surface area contributed by atoms with Crippen LogP contribution in [0.4, 0.5) is 11.4 Å².